The first kappa shape index (κ1) is 24.2. The summed E-state index contributed by atoms with van der Waals surface area (Å²) in [6.45, 7) is 4.21. The average Bonchev–Trinajstić information content (AvgIpc) is 2.83. The van der Waals surface area contributed by atoms with Gasteiger partial charge < -0.3 is 19.1 Å². The lowest BCUT2D eigenvalue weighted by atomic mass is 9.98. The van der Waals surface area contributed by atoms with Crippen molar-refractivity contribution in [1.82, 2.24) is 9.21 Å². The van der Waals surface area contributed by atoms with E-state index in [1.165, 1.54) is 23.6 Å². The highest BCUT2D eigenvalue weighted by Gasteiger charge is 2.30. The Morgan fingerprint density at radius 2 is 1.97 bits per heavy atom. The van der Waals surface area contributed by atoms with Crippen molar-refractivity contribution in [2.45, 2.75) is 24.7 Å². The number of carbonyl (C=O) groups excluding carboxylic acids is 2. The maximum absolute atomic E-state index is 13.1. The number of benzene rings is 1. The Bertz CT molecular complexity index is 955. The average molecular weight is 467 g/mol. The van der Waals surface area contributed by atoms with Crippen molar-refractivity contribution in [2.75, 3.05) is 53.1 Å². The zero-order valence-corrected chi connectivity index (χ0v) is 19.3. The monoisotopic (exact) mass is 466 g/mol. The maximum Gasteiger partial charge on any atom is 0.310 e. The highest BCUT2D eigenvalue weighted by atomic mass is 32.2. The molecule has 0 aliphatic carbocycles. The summed E-state index contributed by atoms with van der Waals surface area (Å²) < 4.78 is 43.2. The first-order chi connectivity index (χ1) is 15.4. The Balaban J connectivity index is 1.75. The first-order valence-electron chi connectivity index (χ1n) is 10.8. The van der Waals surface area contributed by atoms with Crippen molar-refractivity contribution in [1.29, 1.82) is 0 Å². The zero-order valence-electron chi connectivity index (χ0n) is 18.5. The van der Waals surface area contributed by atoms with Gasteiger partial charge in [-0.3, -0.25) is 9.59 Å². The second-order valence-corrected chi connectivity index (χ2v) is 9.54. The van der Waals surface area contributed by atoms with Crippen LogP contribution >= 0.6 is 0 Å². The number of methoxy groups -OCH3 is 1. The predicted octanol–water partition coefficient (Wildman–Crippen LogP) is 1.53. The van der Waals surface area contributed by atoms with E-state index in [-0.39, 0.29) is 41.5 Å². The van der Waals surface area contributed by atoms with E-state index < -0.39 is 10.0 Å². The van der Waals surface area contributed by atoms with Crippen LogP contribution in [0.5, 0.6) is 5.75 Å². The summed E-state index contributed by atoms with van der Waals surface area (Å²) in [5, 5.41) is 0. The van der Waals surface area contributed by atoms with Gasteiger partial charge in [0.2, 0.25) is 15.9 Å². The molecule has 1 amide bonds. The summed E-state index contributed by atoms with van der Waals surface area (Å²) in [6, 6.07) is 4.78. The number of piperidine rings is 1. The number of hydrogen-bond acceptors (Lipinski definition) is 7. The summed E-state index contributed by atoms with van der Waals surface area (Å²) >= 11 is 0. The molecule has 0 aromatic heterocycles. The SMILES string of the molecule is CCOC(=O)C1CCCN(C(=O)C=Cc2ccc(OC)c(S(=O)(=O)N3CCOCC3)c2)C1. The third-order valence-corrected chi connectivity index (χ3v) is 7.47. The Morgan fingerprint density at radius 3 is 2.66 bits per heavy atom. The van der Waals surface area contributed by atoms with E-state index in [9.17, 15) is 18.0 Å². The molecule has 0 bridgehead atoms. The van der Waals surface area contributed by atoms with Gasteiger partial charge in [0.05, 0.1) is 32.8 Å². The van der Waals surface area contributed by atoms with E-state index in [1.54, 1.807) is 30.0 Å². The lowest BCUT2D eigenvalue weighted by Gasteiger charge is -2.30. The largest absolute Gasteiger partial charge is 0.495 e. The number of amides is 1. The second kappa shape index (κ2) is 10.9. The van der Waals surface area contributed by atoms with Crippen LogP contribution < -0.4 is 4.74 Å². The molecular weight excluding hydrogens is 436 g/mol. The van der Waals surface area contributed by atoms with Crippen LogP contribution in [0.3, 0.4) is 0 Å². The fourth-order valence-electron chi connectivity index (χ4n) is 3.83. The van der Waals surface area contributed by atoms with Gasteiger partial charge in [0.25, 0.3) is 0 Å². The van der Waals surface area contributed by atoms with Crippen molar-refractivity contribution in [3.63, 3.8) is 0 Å². The van der Waals surface area contributed by atoms with Crippen LogP contribution in [0.15, 0.2) is 29.2 Å². The molecular formula is C22H30N2O7S. The zero-order chi connectivity index (χ0) is 23.1. The van der Waals surface area contributed by atoms with Crippen molar-refractivity contribution in [3.8, 4) is 5.75 Å². The summed E-state index contributed by atoms with van der Waals surface area (Å²) in [5.74, 6) is -0.574. The quantitative estimate of drug-likeness (QED) is 0.444. The lowest BCUT2D eigenvalue weighted by molar-refractivity contribution is -0.150. The predicted molar refractivity (Wildman–Crippen MR) is 118 cm³/mol. The number of likely N-dealkylation sites (tertiary alicyclic amines) is 1. The van der Waals surface area contributed by atoms with Gasteiger partial charge in [-0.15, -0.1) is 0 Å². The molecule has 1 atom stereocenters. The maximum atomic E-state index is 13.1. The van der Waals surface area contributed by atoms with Crippen LogP contribution in [0, 0.1) is 5.92 Å². The molecule has 2 heterocycles. The van der Waals surface area contributed by atoms with Gasteiger partial charge in [-0.2, -0.15) is 4.31 Å². The standard InChI is InChI=1S/C22H30N2O7S/c1-3-31-22(26)18-5-4-10-23(16-18)21(25)9-7-17-6-8-19(29-2)20(15-17)32(27,28)24-11-13-30-14-12-24/h6-9,15,18H,3-5,10-14,16H2,1-2H3. The van der Waals surface area contributed by atoms with E-state index in [2.05, 4.69) is 0 Å². The molecule has 0 saturated carbocycles. The summed E-state index contributed by atoms with van der Waals surface area (Å²) in [6.07, 6.45) is 4.41. The van der Waals surface area contributed by atoms with E-state index in [0.29, 0.717) is 44.9 Å². The molecule has 32 heavy (non-hydrogen) atoms. The summed E-state index contributed by atoms with van der Waals surface area (Å²) in [7, 11) is -2.34. The van der Waals surface area contributed by atoms with Crippen LogP contribution in [0.2, 0.25) is 0 Å². The molecule has 2 saturated heterocycles. The Morgan fingerprint density at radius 1 is 1.22 bits per heavy atom. The molecule has 1 aromatic carbocycles. The number of ether oxygens (including phenoxy) is 3. The van der Waals surface area contributed by atoms with Crippen LogP contribution in [0.1, 0.15) is 25.3 Å². The smallest absolute Gasteiger partial charge is 0.310 e. The van der Waals surface area contributed by atoms with Gasteiger partial charge in [-0.05, 0) is 43.5 Å². The minimum absolute atomic E-state index is 0.0526. The van der Waals surface area contributed by atoms with E-state index in [4.69, 9.17) is 14.2 Å². The fourth-order valence-corrected chi connectivity index (χ4v) is 5.43. The number of nitrogens with zero attached hydrogens (tertiary/aromatic N) is 2. The molecule has 2 aliphatic heterocycles. The minimum atomic E-state index is -3.76. The number of rotatable bonds is 7. The second-order valence-electron chi connectivity index (χ2n) is 7.64. The molecule has 0 N–H and O–H groups in total. The van der Waals surface area contributed by atoms with Gasteiger partial charge in [0.1, 0.15) is 10.6 Å². The van der Waals surface area contributed by atoms with E-state index in [0.717, 1.165) is 6.42 Å². The molecule has 176 valence electrons. The highest BCUT2D eigenvalue weighted by Crippen LogP contribution is 2.29. The Labute approximate surface area is 189 Å². The van der Waals surface area contributed by atoms with Gasteiger partial charge in [0, 0.05) is 32.3 Å². The van der Waals surface area contributed by atoms with E-state index >= 15 is 0 Å². The fraction of sp³-hybridized carbons (Fsp3) is 0.545. The molecule has 0 spiro atoms. The van der Waals surface area contributed by atoms with Gasteiger partial charge in [-0.25, -0.2) is 8.42 Å². The molecule has 2 fully saturated rings. The van der Waals surface area contributed by atoms with Crippen molar-refractivity contribution >= 4 is 28.0 Å². The molecule has 0 radical (unpaired) electrons. The molecule has 1 unspecified atom stereocenters. The lowest BCUT2D eigenvalue weighted by Crippen LogP contribution is -2.42. The van der Waals surface area contributed by atoms with Crippen LogP contribution in [0.4, 0.5) is 0 Å². The van der Waals surface area contributed by atoms with Crippen LogP contribution in [-0.2, 0) is 29.1 Å². The highest BCUT2D eigenvalue weighted by molar-refractivity contribution is 7.89. The number of carbonyl (C=O) groups is 2. The third-order valence-electron chi connectivity index (χ3n) is 5.55. The van der Waals surface area contributed by atoms with Crippen molar-refractivity contribution < 1.29 is 32.2 Å². The number of esters is 1. The minimum Gasteiger partial charge on any atom is -0.495 e. The van der Waals surface area contributed by atoms with Gasteiger partial charge in [-0.1, -0.05) is 6.07 Å². The molecule has 3 rings (SSSR count). The molecule has 9 nitrogen and oxygen atoms in total. The third kappa shape index (κ3) is 5.67. The van der Waals surface area contributed by atoms with Crippen LogP contribution in [-0.4, -0.2) is 82.6 Å². The number of sulfonamides is 1. The van der Waals surface area contributed by atoms with Crippen molar-refractivity contribution in [2.24, 2.45) is 5.92 Å². The Kier molecular flexibility index (Phi) is 8.27. The van der Waals surface area contributed by atoms with E-state index in [1.807, 2.05) is 0 Å². The summed E-state index contributed by atoms with van der Waals surface area (Å²) in [4.78, 5) is 26.4. The topological polar surface area (TPSA) is 102 Å². The molecule has 1 aromatic rings. The molecule has 2 aliphatic rings. The van der Waals surface area contributed by atoms with Crippen molar-refractivity contribution in [3.05, 3.63) is 29.8 Å². The Hall–Kier alpha value is -2.43. The molecule has 10 heteroatoms. The van der Waals surface area contributed by atoms with Gasteiger partial charge >= 0.3 is 5.97 Å². The number of morpholine rings is 1. The number of hydrogen-bond donors (Lipinski definition) is 0. The summed E-state index contributed by atoms with van der Waals surface area (Å²) in [5.41, 5.74) is 0.560. The van der Waals surface area contributed by atoms with Crippen LogP contribution in [0.25, 0.3) is 6.08 Å². The normalized spacial score (nSPS) is 20.3. The van der Waals surface area contributed by atoms with Gasteiger partial charge in [0.15, 0.2) is 0 Å². The first-order valence-corrected chi connectivity index (χ1v) is 12.2.